The Hall–Kier alpha value is -0.610. The van der Waals surface area contributed by atoms with Crippen molar-refractivity contribution in [1.29, 1.82) is 0 Å². The van der Waals surface area contributed by atoms with Crippen molar-refractivity contribution >= 4 is 5.91 Å². The van der Waals surface area contributed by atoms with Gasteiger partial charge in [-0.15, -0.1) is 0 Å². The normalized spacial score (nSPS) is 32.9. The summed E-state index contributed by atoms with van der Waals surface area (Å²) in [6.45, 7) is 0.452. The molecular formula is C12H22N2O2. The van der Waals surface area contributed by atoms with E-state index in [2.05, 4.69) is 5.32 Å². The molecule has 0 aromatic carbocycles. The van der Waals surface area contributed by atoms with Gasteiger partial charge in [-0.3, -0.25) is 4.79 Å². The predicted octanol–water partition coefficient (Wildman–Crippen LogP) is 0.535. The van der Waals surface area contributed by atoms with Crippen LogP contribution in [0.4, 0.5) is 0 Å². The summed E-state index contributed by atoms with van der Waals surface area (Å²) in [5, 5.41) is 12.2. The van der Waals surface area contributed by atoms with Gasteiger partial charge in [0.2, 0.25) is 5.91 Å². The van der Waals surface area contributed by atoms with Gasteiger partial charge in [0.15, 0.2) is 0 Å². The van der Waals surface area contributed by atoms with E-state index in [1.54, 1.807) is 0 Å². The van der Waals surface area contributed by atoms with Crippen LogP contribution in [0.1, 0.15) is 44.9 Å². The van der Waals surface area contributed by atoms with Crippen molar-refractivity contribution in [3.8, 4) is 0 Å². The van der Waals surface area contributed by atoms with Crippen LogP contribution in [0.2, 0.25) is 0 Å². The summed E-state index contributed by atoms with van der Waals surface area (Å²) >= 11 is 0. The first-order valence-electron chi connectivity index (χ1n) is 6.35. The zero-order chi connectivity index (χ0) is 11.6. The fourth-order valence-electron chi connectivity index (χ4n) is 2.80. The molecule has 1 amide bonds. The monoisotopic (exact) mass is 226 g/mol. The summed E-state index contributed by atoms with van der Waals surface area (Å²) < 4.78 is 0. The zero-order valence-corrected chi connectivity index (χ0v) is 9.74. The third-order valence-corrected chi connectivity index (χ3v) is 4.13. The van der Waals surface area contributed by atoms with Crippen molar-refractivity contribution in [3.05, 3.63) is 0 Å². The largest absolute Gasteiger partial charge is 0.393 e. The van der Waals surface area contributed by atoms with Crippen molar-refractivity contribution in [2.24, 2.45) is 11.1 Å². The lowest BCUT2D eigenvalue weighted by Crippen LogP contribution is -2.54. The molecule has 0 unspecified atom stereocenters. The van der Waals surface area contributed by atoms with Crippen LogP contribution in [0.25, 0.3) is 0 Å². The highest BCUT2D eigenvalue weighted by Crippen LogP contribution is 2.36. The number of rotatable bonds is 3. The molecule has 2 saturated carbocycles. The number of hydrogen-bond acceptors (Lipinski definition) is 3. The van der Waals surface area contributed by atoms with E-state index in [0.717, 1.165) is 25.7 Å². The second-order valence-corrected chi connectivity index (χ2v) is 5.34. The van der Waals surface area contributed by atoms with Gasteiger partial charge in [0.05, 0.1) is 11.5 Å². The van der Waals surface area contributed by atoms with Gasteiger partial charge in [0, 0.05) is 12.6 Å². The lowest BCUT2D eigenvalue weighted by Gasteiger charge is -2.39. The molecule has 0 spiro atoms. The van der Waals surface area contributed by atoms with E-state index in [0.29, 0.717) is 19.4 Å². The van der Waals surface area contributed by atoms with E-state index in [4.69, 9.17) is 5.73 Å². The highest BCUT2D eigenvalue weighted by atomic mass is 16.3. The fraction of sp³-hybridized carbons (Fsp3) is 0.917. The molecule has 2 fully saturated rings. The smallest absolute Gasteiger partial charge is 0.227 e. The number of amides is 1. The minimum atomic E-state index is -0.321. The fourth-order valence-corrected chi connectivity index (χ4v) is 2.80. The van der Waals surface area contributed by atoms with Crippen molar-refractivity contribution in [2.45, 2.75) is 57.1 Å². The first-order valence-corrected chi connectivity index (χ1v) is 6.35. The average Bonchev–Trinajstić information content (AvgIpc) is 2.28. The zero-order valence-electron chi connectivity index (χ0n) is 9.74. The topological polar surface area (TPSA) is 75.4 Å². The van der Waals surface area contributed by atoms with Gasteiger partial charge in [-0.25, -0.2) is 0 Å². The van der Waals surface area contributed by atoms with Crippen LogP contribution >= 0.6 is 0 Å². The Morgan fingerprint density at radius 2 is 1.94 bits per heavy atom. The highest BCUT2D eigenvalue weighted by Gasteiger charge is 2.40. The average molecular weight is 226 g/mol. The maximum Gasteiger partial charge on any atom is 0.227 e. The standard InChI is InChI=1S/C12H22N2O2/c13-8-12(4-2-1-3-5-12)11(16)14-9-6-10(15)7-9/h9-10,15H,1-8,13H2,(H,14,16). The molecule has 0 bridgehead atoms. The van der Waals surface area contributed by atoms with E-state index in [-0.39, 0.29) is 23.5 Å². The third-order valence-electron chi connectivity index (χ3n) is 4.13. The molecule has 0 aromatic rings. The molecule has 92 valence electrons. The predicted molar refractivity (Wildman–Crippen MR) is 61.7 cm³/mol. The molecule has 4 N–H and O–H groups in total. The molecule has 2 aliphatic rings. The molecule has 0 saturated heterocycles. The Balaban J connectivity index is 1.90. The number of nitrogens with one attached hydrogen (secondary N) is 1. The van der Waals surface area contributed by atoms with Crippen molar-refractivity contribution in [3.63, 3.8) is 0 Å². The number of carbonyl (C=O) groups excluding carboxylic acids is 1. The summed E-state index contributed by atoms with van der Waals surface area (Å²) in [6.07, 6.45) is 6.46. The van der Waals surface area contributed by atoms with Crippen molar-refractivity contribution in [1.82, 2.24) is 5.32 Å². The lowest BCUT2D eigenvalue weighted by molar-refractivity contribution is -0.134. The maximum atomic E-state index is 12.2. The van der Waals surface area contributed by atoms with Gasteiger partial charge in [0.25, 0.3) is 0 Å². The van der Waals surface area contributed by atoms with Gasteiger partial charge in [-0.05, 0) is 25.7 Å². The van der Waals surface area contributed by atoms with Crippen LogP contribution in [0.3, 0.4) is 0 Å². The molecule has 4 heteroatoms. The van der Waals surface area contributed by atoms with Crippen molar-refractivity contribution in [2.75, 3.05) is 6.54 Å². The van der Waals surface area contributed by atoms with Crippen LogP contribution in [0, 0.1) is 5.41 Å². The minimum absolute atomic E-state index is 0.117. The molecular weight excluding hydrogens is 204 g/mol. The SMILES string of the molecule is NCC1(C(=O)NC2CC(O)C2)CCCCC1. The van der Waals surface area contributed by atoms with E-state index in [1.165, 1.54) is 6.42 Å². The van der Waals surface area contributed by atoms with Crippen LogP contribution in [0.15, 0.2) is 0 Å². The van der Waals surface area contributed by atoms with Crippen LogP contribution in [0.5, 0.6) is 0 Å². The number of hydrogen-bond donors (Lipinski definition) is 3. The quantitative estimate of drug-likeness (QED) is 0.657. The summed E-state index contributed by atoms with van der Waals surface area (Å²) in [5.74, 6) is 0.117. The van der Waals surface area contributed by atoms with Crippen LogP contribution in [-0.4, -0.2) is 29.7 Å². The molecule has 0 aromatic heterocycles. The van der Waals surface area contributed by atoms with Gasteiger partial charge >= 0.3 is 0 Å². The second-order valence-electron chi connectivity index (χ2n) is 5.34. The Labute approximate surface area is 96.6 Å². The number of aliphatic hydroxyl groups excluding tert-OH is 1. The first-order chi connectivity index (χ1) is 7.66. The number of nitrogens with two attached hydrogens (primary N) is 1. The first kappa shape index (κ1) is 11.9. The van der Waals surface area contributed by atoms with Gasteiger partial charge < -0.3 is 16.2 Å². The summed E-state index contributed by atoms with van der Waals surface area (Å²) in [5.41, 5.74) is 5.47. The molecule has 0 heterocycles. The Morgan fingerprint density at radius 3 is 2.44 bits per heavy atom. The summed E-state index contributed by atoms with van der Waals surface area (Å²) in [4.78, 5) is 12.2. The van der Waals surface area contributed by atoms with Gasteiger partial charge in [0.1, 0.15) is 0 Å². The summed E-state index contributed by atoms with van der Waals surface area (Å²) in [6, 6.07) is 0.174. The highest BCUT2D eigenvalue weighted by molar-refractivity contribution is 5.83. The Kier molecular flexibility index (Phi) is 3.50. The van der Waals surface area contributed by atoms with Gasteiger partial charge in [-0.1, -0.05) is 19.3 Å². The minimum Gasteiger partial charge on any atom is -0.393 e. The van der Waals surface area contributed by atoms with Gasteiger partial charge in [-0.2, -0.15) is 0 Å². The molecule has 0 atom stereocenters. The van der Waals surface area contributed by atoms with Crippen LogP contribution < -0.4 is 11.1 Å². The van der Waals surface area contributed by atoms with E-state index in [1.807, 2.05) is 0 Å². The molecule has 4 nitrogen and oxygen atoms in total. The third kappa shape index (κ3) is 2.23. The summed E-state index contributed by atoms with van der Waals surface area (Å²) in [7, 11) is 0. The molecule has 0 aliphatic heterocycles. The van der Waals surface area contributed by atoms with E-state index in [9.17, 15) is 9.90 Å². The van der Waals surface area contributed by atoms with Crippen molar-refractivity contribution < 1.29 is 9.90 Å². The molecule has 2 aliphatic carbocycles. The lowest BCUT2D eigenvalue weighted by atomic mass is 9.73. The molecule has 16 heavy (non-hydrogen) atoms. The molecule has 0 radical (unpaired) electrons. The van der Waals surface area contributed by atoms with E-state index < -0.39 is 0 Å². The van der Waals surface area contributed by atoms with E-state index >= 15 is 0 Å². The second kappa shape index (κ2) is 4.72. The Bertz CT molecular complexity index is 256. The van der Waals surface area contributed by atoms with Crippen LogP contribution in [-0.2, 0) is 4.79 Å². The maximum absolute atomic E-state index is 12.2. The number of carbonyl (C=O) groups is 1. The molecule has 2 rings (SSSR count). The number of aliphatic hydroxyl groups is 1. The Morgan fingerprint density at radius 1 is 1.31 bits per heavy atom.